The van der Waals surface area contributed by atoms with E-state index in [0.29, 0.717) is 13.0 Å². The number of nitrogens with one attached hydrogen (secondary N) is 1. The molecule has 0 saturated heterocycles. The van der Waals surface area contributed by atoms with E-state index in [2.05, 4.69) is 15.3 Å². The number of para-hydroxylation sites is 1. The van der Waals surface area contributed by atoms with Crippen LogP contribution in [0, 0.1) is 0 Å². The van der Waals surface area contributed by atoms with Crippen molar-refractivity contribution in [2.24, 2.45) is 5.16 Å². The minimum Gasteiger partial charge on any atom is -0.492 e. The molecule has 5 nitrogen and oxygen atoms in total. The molecule has 1 heterocycles. The number of oxime groups is 1. The van der Waals surface area contributed by atoms with Gasteiger partial charge in [0.2, 0.25) is 0 Å². The molecule has 0 fully saturated rings. The third-order valence-corrected chi connectivity index (χ3v) is 2.24. The van der Waals surface area contributed by atoms with Gasteiger partial charge in [0.25, 0.3) is 0 Å². The Hall–Kier alpha value is -2.04. The van der Waals surface area contributed by atoms with Crippen molar-refractivity contribution in [3.63, 3.8) is 0 Å². The van der Waals surface area contributed by atoms with Gasteiger partial charge in [-0.3, -0.25) is 4.84 Å². The predicted molar refractivity (Wildman–Crippen MR) is 58.6 cm³/mol. The van der Waals surface area contributed by atoms with Crippen molar-refractivity contribution in [2.75, 3.05) is 13.7 Å². The monoisotopic (exact) mass is 220 g/mol. The van der Waals surface area contributed by atoms with E-state index in [1.807, 2.05) is 24.3 Å². The van der Waals surface area contributed by atoms with E-state index in [0.717, 1.165) is 17.0 Å². The quantitative estimate of drug-likeness (QED) is 0.576. The summed E-state index contributed by atoms with van der Waals surface area (Å²) in [6.45, 7) is 0.549. The largest absolute Gasteiger partial charge is 0.492 e. The molecule has 0 saturated carbocycles. The minimum atomic E-state index is -0.573. The molecule has 1 aromatic carbocycles. The Kier molecular flexibility index (Phi) is 3.05. The van der Waals surface area contributed by atoms with Crippen LogP contribution in [-0.4, -0.2) is 25.5 Å². The molecule has 1 aliphatic heterocycles. The number of amides is 1. The van der Waals surface area contributed by atoms with Crippen LogP contribution in [0.2, 0.25) is 0 Å². The Bertz CT molecular complexity index is 429. The Balaban J connectivity index is 2.21. The average Bonchev–Trinajstić information content (AvgIpc) is 2.35. The number of hydrogen-bond donors (Lipinski definition) is 1. The van der Waals surface area contributed by atoms with Gasteiger partial charge < -0.3 is 10.1 Å². The molecule has 2 rings (SSSR count). The molecule has 0 aromatic heterocycles. The van der Waals surface area contributed by atoms with E-state index < -0.39 is 6.09 Å². The summed E-state index contributed by atoms with van der Waals surface area (Å²) in [5.41, 5.74) is 1.60. The highest BCUT2D eigenvalue weighted by atomic mass is 16.7. The first-order valence-electron chi connectivity index (χ1n) is 4.99. The number of benzene rings is 1. The molecule has 1 aromatic rings. The first-order valence-corrected chi connectivity index (χ1v) is 4.99. The second-order valence-electron chi connectivity index (χ2n) is 3.26. The lowest BCUT2D eigenvalue weighted by Crippen LogP contribution is -2.20. The van der Waals surface area contributed by atoms with Gasteiger partial charge in [-0.05, 0) is 12.1 Å². The average molecular weight is 220 g/mol. The molecule has 1 amide bonds. The molecule has 0 unspecified atom stereocenters. The maximum atomic E-state index is 10.9. The number of fused-ring (bicyclic) bond motifs is 1. The zero-order valence-corrected chi connectivity index (χ0v) is 8.90. The van der Waals surface area contributed by atoms with E-state index in [1.165, 1.54) is 7.05 Å². The molecule has 16 heavy (non-hydrogen) atoms. The van der Waals surface area contributed by atoms with Gasteiger partial charge in [0.05, 0.1) is 12.3 Å². The van der Waals surface area contributed by atoms with E-state index in [1.54, 1.807) is 0 Å². The van der Waals surface area contributed by atoms with Crippen LogP contribution in [0.1, 0.15) is 12.0 Å². The van der Waals surface area contributed by atoms with Gasteiger partial charge in [0.15, 0.2) is 0 Å². The predicted octanol–water partition coefficient (Wildman–Crippen LogP) is 1.53. The van der Waals surface area contributed by atoms with Crippen molar-refractivity contribution in [2.45, 2.75) is 6.42 Å². The Morgan fingerprint density at radius 3 is 3.12 bits per heavy atom. The molecule has 1 N–H and O–H groups in total. The van der Waals surface area contributed by atoms with E-state index in [9.17, 15) is 4.79 Å². The standard InChI is InChI=1S/C11H12N2O3/c1-12-11(14)16-13-9-6-7-15-10-5-3-2-4-8(9)10/h2-5H,6-7H2,1H3,(H,12,14)/b13-9-. The summed E-state index contributed by atoms with van der Waals surface area (Å²) in [5, 5.41) is 6.15. The molecule has 0 aliphatic carbocycles. The summed E-state index contributed by atoms with van der Waals surface area (Å²) in [6.07, 6.45) is 0.0602. The molecular formula is C11H12N2O3. The molecule has 5 heteroatoms. The lowest BCUT2D eigenvalue weighted by atomic mass is 10.0. The highest BCUT2D eigenvalue weighted by Crippen LogP contribution is 2.24. The van der Waals surface area contributed by atoms with Crippen LogP contribution in [0.4, 0.5) is 4.79 Å². The highest BCUT2D eigenvalue weighted by Gasteiger charge is 2.16. The fourth-order valence-corrected chi connectivity index (χ4v) is 1.46. The number of carbonyl (C=O) groups excluding carboxylic acids is 1. The minimum absolute atomic E-state index is 0.549. The Labute approximate surface area is 93.0 Å². The lowest BCUT2D eigenvalue weighted by molar-refractivity contribution is 0.152. The second kappa shape index (κ2) is 4.65. The number of carbonyl (C=O) groups is 1. The normalized spacial score (nSPS) is 16.2. The summed E-state index contributed by atoms with van der Waals surface area (Å²) in [5.74, 6) is 0.771. The van der Waals surface area contributed by atoms with Crippen molar-refractivity contribution in [1.29, 1.82) is 0 Å². The van der Waals surface area contributed by atoms with Gasteiger partial charge in [0, 0.05) is 19.0 Å². The number of nitrogens with zero attached hydrogens (tertiary/aromatic N) is 1. The summed E-state index contributed by atoms with van der Waals surface area (Å²) < 4.78 is 5.45. The van der Waals surface area contributed by atoms with Crippen LogP contribution >= 0.6 is 0 Å². The van der Waals surface area contributed by atoms with Crippen molar-refractivity contribution in [1.82, 2.24) is 5.32 Å². The number of rotatable bonds is 1. The van der Waals surface area contributed by atoms with Crippen LogP contribution in [0.25, 0.3) is 0 Å². The van der Waals surface area contributed by atoms with E-state index >= 15 is 0 Å². The fraction of sp³-hybridized carbons (Fsp3) is 0.273. The summed E-state index contributed by atoms with van der Waals surface area (Å²) in [4.78, 5) is 15.6. The van der Waals surface area contributed by atoms with Crippen molar-refractivity contribution >= 4 is 11.8 Å². The van der Waals surface area contributed by atoms with E-state index in [4.69, 9.17) is 4.74 Å². The highest BCUT2D eigenvalue weighted by molar-refractivity contribution is 6.03. The summed E-state index contributed by atoms with van der Waals surface area (Å²) in [7, 11) is 1.49. The molecular weight excluding hydrogens is 208 g/mol. The third kappa shape index (κ3) is 2.13. The van der Waals surface area contributed by atoms with E-state index in [-0.39, 0.29) is 0 Å². The Morgan fingerprint density at radius 1 is 1.50 bits per heavy atom. The lowest BCUT2D eigenvalue weighted by Gasteiger charge is -2.17. The first kappa shape index (κ1) is 10.5. The van der Waals surface area contributed by atoms with Gasteiger partial charge in [-0.25, -0.2) is 4.79 Å². The second-order valence-corrected chi connectivity index (χ2v) is 3.26. The fourth-order valence-electron chi connectivity index (χ4n) is 1.46. The number of hydrogen-bond acceptors (Lipinski definition) is 4. The SMILES string of the molecule is CNC(=O)O/N=C1/CCOc2ccccc21. The third-order valence-electron chi connectivity index (χ3n) is 2.24. The molecule has 1 aliphatic rings. The van der Waals surface area contributed by atoms with Gasteiger partial charge in [-0.2, -0.15) is 0 Å². The molecule has 0 spiro atoms. The molecule has 0 radical (unpaired) electrons. The number of ether oxygens (including phenoxy) is 1. The smallest absolute Gasteiger partial charge is 0.433 e. The molecule has 0 atom stereocenters. The maximum absolute atomic E-state index is 10.9. The maximum Gasteiger partial charge on any atom is 0.433 e. The molecule has 0 bridgehead atoms. The van der Waals surface area contributed by atoms with Crippen molar-refractivity contribution in [3.05, 3.63) is 29.8 Å². The zero-order chi connectivity index (χ0) is 11.4. The van der Waals surface area contributed by atoms with Gasteiger partial charge in [-0.1, -0.05) is 17.3 Å². The topological polar surface area (TPSA) is 59.9 Å². The van der Waals surface area contributed by atoms with Gasteiger partial charge >= 0.3 is 6.09 Å². The van der Waals surface area contributed by atoms with Crippen LogP contribution in [0.3, 0.4) is 0 Å². The first-order chi connectivity index (χ1) is 7.81. The van der Waals surface area contributed by atoms with Gasteiger partial charge in [-0.15, -0.1) is 0 Å². The summed E-state index contributed by atoms with van der Waals surface area (Å²) >= 11 is 0. The van der Waals surface area contributed by atoms with Crippen molar-refractivity contribution < 1.29 is 14.4 Å². The van der Waals surface area contributed by atoms with Gasteiger partial charge in [0.1, 0.15) is 5.75 Å². The Morgan fingerprint density at radius 2 is 2.31 bits per heavy atom. The van der Waals surface area contributed by atoms with Crippen LogP contribution in [0.5, 0.6) is 5.75 Å². The van der Waals surface area contributed by atoms with Crippen molar-refractivity contribution in [3.8, 4) is 5.75 Å². The molecule has 84 valence electrons. The van der Waals surface area contributed by atoms with Crippen LogP contribution < -0.4 is 10.1 Å². The zero-order valence-electron chi connectivity index (χ0n) is 8.90. The summed E-state index contributed by atoms with van der Waals surface area (Å²) in [6, 6.07) is 7.54. The van der Waals surface area contributed by atoms with Crippen LogP contribution in [-0.2, 0) is 4.84 Å². The van der Waals surface area contributed by atoms with Crippen LogP contribution in [0.15, 0.2) is 29.4 Å².